The van der Waals surface area contributed by atoms with Crippen LogP contribution in [0.3, 0.4) is 0 Å². The van der Waals surface area contributed by atoms with Gasteiger partial charge in [-0.25, -0.2) is 4.57 Å². The van der Waals surface area contributed by atoms with Gasteiger partial charge in [0, 0.05) is 25.9 Å². The summed E-state index contributed by atoms with van der Waals surface area (Å²) in [7, 11) is 2.18. The van der Waals surface area contributed by atoms with Crippen molar-refractivity contribution in [2.45, 2.75) is 16.7 Å². The molecule has 29 heavy (non-hydrogen) atoms. The molecule has 0 saturated heterocycles. The molecule has 0 radical (unpaired) electrons. The van der Waals surface area contributed by atoms with E-state index < -0.39 is 0 Å². The number of hydrogen-bond acceptors (Lipinski definition) is 3. The SMILES string of the molecule is Cc1c2c(cc3ccccc13)Sc1c3sc4ccsc4c3cc3cc[n+](C)c-2c13. The van der Waals surface area contributed by atoms with Gasteiger partial charge >= 0.3 is 0 Å². The lowest BCUT2D eigenvalue weighted by atomic mass is 9.94. The number of rotatable bonds is 0. The molecule has 3 aromatic carbocycles. The fourth-order valence-corrected chi connectivity index (χ4v) is 8.60. The van der Waals surface area contributed by atoms with Gasteiger partial charge in [0.1, 0.15) is 7.05 Å². The third-order valence-corrected chi connectivity index (χ3v) is 9.69. The number of thiophene rings is 2. The first-order chi connectivity index (χ1) is 14.2. The Kier molecular flexibility index (Phi) is 3.17. The van der Waals surface area contributed by atoms with E-state index >= 15 is 0 Å². The molecule has 7 rings (SSSR count). The van der Waals surface area contributed by atoms with Crippen LogP contribution < -0.4 is 4.57 Å². The van der Waals surface area contributed by atoms with Crippen LogP contribution >= 0.6 is 34.4 Å². The van der Waals surface area contributed by atoms with E-state index in [4.69, 9.17) is 0 Å². The molecule has 138 valence electrons. The number of pyridine rings is 1. The summed E-state index contributed by atoms with van der Waals surface area (Å²) in [5, 5.41) is 9.06. The monoisotopic (exact) mass is 426 g/mol. The molecule has 4 heteroatoms. The zero-order valence-corrected chi connectivity index (χ0v) is 18.4. The minimum absolute atomic E-state index is 1.33. The smallest absolute Gasteiger partial charge is 0.200 e. The molecule has 1 aliphatic rings. The van der Waals surface area contributed by atoms with E-state index in [1.165, 1.54) is 67.6 Å². The van der Waals surface area contributed by atoms with E-state index in [-0.39, 0.29) is 0 Å². The first-order valence-electron chi connectivity index (χ1n) is 9.66. The van der Waals surface area contributed by atoms with Crippen LogP contribution in [0, 0.1) is 6.92 Å². The molecule has 4 heterocycles. The number of hydrogen-bond donors (Lipinski definition) is 0. The van der Waals surface area contributed by atoms with Crippen molar-refractivity contribution in [3.8, 4) is 11.3 Å². The highest BCUT2D eigenvalue weighted by Crippen LogP contribution is 2.54. The van der Waals surface area contributed by atoms with Crippen molar-refractivity contribution in [2.75, 3.05) is 0 Å². The molecular weight excluding hydrogens is 410 g/mol. The highest BCUT2D eigenvalue weighted by molar-refractivity contribution is 8.00. The van der Waals surface area contributed by atoms with Gasteiger partial charge in [-0.05, 0) is 52.2 Å². The van der Waals surface area contributed by atoms with Gasteiger partial charge in [-0.15, -0.1) is 22.7 Å². The Morgan fingerprint density at radius 2 is 1.79 bits per heavy atom. The van der Waals surface area contributed by atoms with Gasteiger partial charge in [-0.2, -0.15) is 0 Å². The second-order valence-electron chi connectivity index (χ2n) is 7.74. The second kappa shape index (κ2) is 5.60. The van der Waals surface area contributed by atoms with Gasteiger partial charge in [0.15, 0.2) is 6.20 Å². The Bertz CT molecular complexity index is 1650. The van der Waals surface area contributed by atoms with E-state index in [1.807, 2.05) is 34.4 Å². The van der Waals surface area contributed by atoms with Crippen molar-refractivity contribution in [1.82, 2.24) is 0 Å². The van der Waals surface area contributed by atoms with Crippen LogP contribution in [-0.4, -0.2) is 0 Å². The maximum Gasteiger partial charge on any atom is 0.222 e. The fraction of sp³-hybridized carbons (Fsp3) is 0.0800. The second-order valence-corrected chi connectivity index (χ2v) is 10.8. The molecule has 0 atom stereocenters. The van der Waals surface area contributed by atoms with E-state index in [1.54, 1.807) is 0 Å². The first kappa shape index (κ1) is 16.4. The van der Waals surface area contributed by atoms with Gasteiger partial charge in [0.25, 0.3) is 0 Å². The molecule has 0 aliphatic carbocycles. The average molecular weight is 427 g/mol. The molecule has 1 aliphatic heterocycles. The molecule has 3 aromatic heterocycles. The lowest BCUT2D eigenvalue weighted by molar-refractivity contribution is -0.659. The Morgan fingerprint density at radius 3 is 2.72 bits per heavy atom. The Balaban J connectivity index is 1.73. The number of fused-ring (bicyclic) bond motifs is 7. The van der Waals surface area contributed by atoms with Crippen molar-refractivity contribution in [3.63, 3.8) is 0 Å². The van der Waals surface area contributed by atoms with Crippen molar-refractivity contribution in [1.29, 1.82) is 0 Å². The normalized spacial score (nSPS) is 13.0. The third-order valence-electron chi connectivity index (χ3n) is 6.14. The summed E-state index contributed by atoms with van der Waals surface area (Å²) in [6.45, 7) is 2.28. The highest BCUT2D eigenvalue weighted by atomic mass is 32.2. The van der Waals surface area contributed by atoms with Crippen LogP contribution in [-0.2, 0) is 7.05 Å². The van der Waals surface area contributed by atoms with E-state index in [0.29, 0.717) is 0 Å². The molecule has 0 spiro atoms. The number of nitrogens with zero attached hydrogens (tertiary/aromatic N) is 1. The van der Waals surface area contributed by atoms with Gasteiger partial charge in [-0.1, -0.05) is 36.0 Å². The number of aromatic nitrogens is 1. The van der Waals surface area contributed by atoms with Gasteiger partial charge < -0.3 is 0 Å². The minimum Gasteiger partial charge on any atom is -0.200 e. The summed E-state index contributed by atoms with van der Waals surface area (Å²) < 4.78 is 6.59. The zero-order chi connectivity index (χ0) is 19.3. The molecule has 1 nitrogen and oxygen atoms in total. The van der Waals surface area contributed by atoms with Gasteiger partial charge in [-0.3, -0.25) is 0 Å². The predicted octanol–water partition coefficient (Wildman–Crippen LogP) is 7.69. The summed E-state index contributed by atoms with van der Waals surface area (Å²) in [5.41, 5.74) is 4.13. The van der Waals surface area contributed by atoms with Crippen LogP contribution in [0.15, 0.2) is 69.9 Å². The zero-order valence-electron chi connectivity index (χ0n) is 15.9. The molecule has 0 saturated carbocycles. The van der Waals surface area contributed by atoms with E-state index in [2.05, 4.69) is 78.6 Å². The molecule has 0 N–H and O–H groups in total. The van der Waals surface area contributed by atoms with Crippen molar-refractivity contribution in [3.05, 3.63) is 65.7 Å². The largest absolute Gasteiger partial charge is 0.222 e. The first-order valence-corrected chi connectivity index (χ1v) is 12.2. The van der Waals surface area contributed by atoms with Crippen molar-refractivity contribution < 1.29 is 4.57 Å². The number of benzene rings is 3. The lowest BCUT2D eigenvalue weighted by Gasteiger charge is -2.21. The van der Waals surface area contributed by atoms with Crippen molar-refractivity contribution in [2.24, 2.45) is 7.05 Å². The summed E-state index contributed by atoms with van der Waals surface area (Å²) in [6.07, 6.45) is 2.22. The van der Waals surface area contributed by atoms with Gasteiger partial charge in [0.05, 0.1) is 20.3 Å². The lowest BCUT2D eigenvalue weighted by Crippen LogP contribution is -2.31. The molecule has 0 amide bonds. The van der Waals surface area contributed by atoms with E-state index in [9.17, 15) is 0 Å². The Labute approximate surface area is 180 Å². The Hall–Kier alpha value is -2.40. The predicted molar refractivity (Wildman–Crippen MR) is 128 cm³/mol. The summed E-state index contributed by atoms with van der Waals surface area (Å²) in [5.74, 6) is 0. The molecular formula is C25H16NS3+. The maximum atomic E-state index is 2.41. The highest BCUT2D eigenvalue weighted by Gasteiger charge is 2.31. The molecule has 0 fully saturated rings. The quantitative estimate of drug-likeness (QED) is 0.225. The molecule has 0 bridgehead atoms. The minimum atomic E-state index is 1.33. The van der Waals surface area contributed by atoms with Crippen LogP contribution in [0.25, 0.3) is 52.3 Å². The fourth-order valence-electron chi connectivity index (χ4n) is 4.81. The van der Waals surface area contributed by atoms with Gasteiger partial charge in [0.2, 0.25) is 5.69 Å². The summed E-state index contributed by atoms with van der Waals surface area (Å²) in [4.78, 5) is 2.81. The molecule has 0 unspecified atom stereocenters. The molecule has 6 aromatic rings. The van der Waals surface area contributed by atoms with Crippen LogP contribution in [0.2, 0.25) is 0 Å². The summed E-state index contributed by atoms with van der Waals surface area (Å²) in [6, 6.07) is 18.1. The number of aryl methyl sites for hydroxylation is 2. The average Bonchev–Trinajstić information content (AvgIpc) is 3.32. The maximum absolute atomic E-state index is 2.41. The topological polar surface area (TPSA) is 3.88 Å². The van der Waals surface area contributed by atoms with Crippen LogP contribution in [0.5, 0.6) is 0 Å². The standard InChI is InChI=1S/C25H16NS3/c1-13-16-6-4-3-5-14(16)12-19-20(13)22-21-15(7-9-26(22)2)11-17-23-18(8-10-27-23)28-24(17)25(21)29-19/h3-12H,1-2H3/q+1. The van der Waals surface area contributed by atoms with Crippen LogP contribution in [0.4, 0.5) is 0 Å². The summed E-state index contributed by atoms with van der Waals surface area (Å²) >= 11 is 5.77. The van der Waals surface area contributed by atoms with Crippen LogP contribution in [0.1, 0.15) is 5.56 Å². The third kappa shape index (κ3) is 2.04. The van der Waals surface area contributed by atoms with E-state index in [0.717, 1.165) is 0 Å². The van der Waals surface area contributed by atoms with Crippen molar-refractivity contribution >= 4 is 75.5 Å². The Morgan fingerprint density at radius 1 is 0.897 bits per heavy atom.